The maximum Gasteiger partial charge on any atom is 0.229 e. The lowest BCUT2D eigenvalue weighted by molar-refractivity contribution is -0.277. The minimum absolute atomic E-state index is 0.0151. The van der Waals surface area contributed by atoms with Crippen LogP contribution in [-0.2, 0) is 4.74 Å². The minimum Gasteiger partial charge on any atom is -0.462 e. The van der Waals surface area contributed by atoms with Crippen molar-refractivity contribution in [2.75, 3.05) is 13.2 Å². The van der Waals surface area contributed by atoms with E-state index in [2.05, 4.69) is 15.9 Å². The van der Waals surface area contributed by atoms with Crippen molar-refractivity contribution in [1.29, 1.82) is 0 Å². The summed E-state index contributed by atoms with van der Waals surface area (Å²) in [4.78, 5) is 12.2. The number of halogens is 1. The molecule has 0 saturated carbocycles. The highest BCUT2D eigenvalue weighted by Gasteiger charge is 2.44. The Labute approximate surface area is 200 Å². The molecule has 3 rings (SSSR count). The number of carbonyl (C=O) groups is 1. The van der Waals surface area contributed by atoms with Crippen molar-refractivity contribution in [3.05, 3.63) is 70.2 Å². The van der Waals surface area contributed by atoms with Crippen molar-refractivity contribution in [1.82, 2.24) is 0 Å². The van der Waals surface area contributed by atoms with Crippen molar-refractivity contribution in [3.8, 4) is 5.75 Å². The molecule has 2 aromatic rings. The number of hydrogen-bond acceptors (Lipinski definition) is 8. The van der Waals surface area contributed by atoms with Crippen LogP contribution in [0.15, 0.2) is 59.1 Å². The van der Waals surface area contributed by atoms with Gasteiger partial charge in [0.1, 0.15) is 30.2 Å². The summed E-state index contributed by atoms with van der Waals surface area (Å²) in [6.45, 7) is 1.41. The van der Waals surface area contributed by atoms with E-state index in [1.54, 1.807) is 49.4 Å². The Kier molecular flexibility index (Phi) is 11.2. The Balaban J connectivity index is 0.00000122. The number of Topliss-reactive ketones (excluding diaryl/α,β-unsaturated/α-hetero) is 1. The van der Waals surface area contributed by atoms with E-state index in [4.69, 9.17) is 14.6 Å². The molecule has 0 unspecified atom stereocenters. The molecule has 8 nitrogen and oxygen atoms in total. The maximum atomic E-state index is 12.2. The van der Waals surface area contributed by atoms with Crippen molar-refractivity contribution in [3.63, 3.8) is 0 Å². The number of hydrogen-bond donors (Lipinski definition) is 5. The molecular formula is C24H29BrO8. The molecule has 2 aromatic carbocycles. The van der Waals surface area contributed by atoms with Crippen molar-refractivity contribution >= 4 is 27.8 Å². The van der Waals surface area contributed by atoms with E-state index < -0.39 is 37.3 Å². The second-order valence-electron chi connectivity index (χ2n) is 7.24. The number of rotatable bonds is 7. The van der Waals surface area contributed by atoms with Crippen LogP contribution in [0.1, 0.15) is 29.3 Å². The first-order chi connectivity index (χ1) is 15.8. The van der Waals surface area contributed by atoms with Crippen molar-refractivity contribution in [2.24, 2.45) is 0 Å². The van der Waals surface area contributed by atoms with E-state index in [9.17, 15) is 25.2 Å². The largest absolute Gasteiger partial charge is 0.462 e. The molecule has 0 amide bonds. The predicted molar refractivity (Wildman–Crippen MR) is 126 cm³/mol. The van der Waals surface area contributed by atoms with Gasteiger partial charge in [-0.1, -0.05) is 52.3 Å². The SMILES string of the molecule is CCO.O=C(C/C=C/c1ccc(O[C@@H]2O[C@H](CO)[C@@H](O)[C@@H](O)[C@H]2O)cc1)c1ccc(Br)cc1. The van der Waals surface area contributed by atoms with Crippen LogP contribution in [0.25, 0.3) is 6.08 Å². The molecule has 1 aliphatic rings. The van der Waals surface area contributed by atoms with Crippen molar-refractivity contribution in [2.45, 2.75) is 44.1 Å². The zero-order chi connectivity index (χ0) is 24.4. The zero-order valence-corrected chi connectivity index (χ0v) is 19.7. The first-order valence-electron chi connectivity index (χ1n) is 10.4. The number of aliphatic hydroxyl groups excluding tert-OH is 5. The van der Waals surface area contributed by atoms with Gasteiger partial charge in [-0.2, -0.15) is 0 Å². The van der Waals surface area contributed by atoms with E-state index >= 15 is 0 Å². The standard InChI is InChI=1S/C22H23BrO7.C2H6O/c23-15-8-6-14(7-9-15)17(25)3-1-2-13-4-10-16(11-5-13)29-22-21(28)20(27)19(26)18(12-24)30-22;1-2-3/h1-2,4-11,18-22,24,26-28H,3,12H2;3H,2H2,1H3/b2-1+;/t18-,19-,20-,21-,22-;/m1./s1. The molecule has 5 N–H and O–H groups in total. The lowest BCUT2D eigenvalue weighted by Gasteiger charge is -2.39. The number of allylic oxidation sites excluding steroid dienone is 1. The molecule has 5 atom stereocenters. The van der Waals surface area contributed by atoms with Crippen LogP contribution in [0, 0.1) is 0 Å². The Morgan fingerprint density at radius 2 is 1.61 bits per heavy atom. The van der Waals surface area contributed by atoms with Gasteiger partial charge in [-0.15, -0.1) is 0 Å². The highest BCUT2D eigenvalue weighted by atomic mass is 79.9. The van der Waals surface area contributed by atoms with E-state index in [1.807, 2.05) is 18.2 Å². The number of ether oxygens (including phenoxy) is 2. The monoisotopic (exact) mass is 524 g/mol. The average molecular weight is 525 g/mol. The zero-order valence-electron chi connectivity index (χ0n) is 18.1. The highest BCUT2D eigenvalue weighted by molar-refractivity contribution is 9.10. The summed E-state index contributed by atoms with van der Waals surface area (Å²) >= 11 is 3.34. The first-order valence-corrected chi connectivity index (χ1v) is 11.2. The van der Waals surface area contributed by atoms with Crippen LogP contribution >= 0.6 is 15.9 Å². The van der Waals surface area contributed by atoms with E-state index in [0.29, 0.717) is 11.3 Å². The third kappa shape index (κ3) is 8.01. The summed E-state index contributed by atoms with van der Waals surface area (Å²) in [6.07, 6.45) is -2.79. The average Bonchev–Trinajstić information content (AvgIpc) is 2.81. The summed E-state index contributed by atoms with van der Waals surface area (Å²) < 4.78 is 11.8. The van der Waals surface area contributed by atoms with Gasteiger partial charge in [0.2, 0.25) is 6.29 Å². The van der Waals surface area contributed by atoms with Crippen LogP contribution in [0.2, 0.25) is 0 Å². The number of aliphatic hydroxyl groups is 5. The third-order valence-electron chi connectivity index (χ3n) is 4.76. The lowest BCUT2D eigenvalue weighted by atomic mass is 9.99. The third-order valence-corrected chi connectivity index (χ3v) is 5.29. The Hall–Kier alpha value is -2.11. The van der Waals surface area contributed by atoms with Gasteiger partial charge < -0.3 is 35.0 Å². The smallest absolute Gasteiger partial charge is 0.229 e. The second kappa shape index (κ2) is 13.6. The van der Waals surface area contributed by atoms with Gasteiger partial charge in [0.25, 0.3) is 0 Å². The molecule has 1 heterocycles. The fraction of sp³-hybridized carbons (Fsp3) is 0.375. The van der Waals surface area contributed by atoms with Gasteiger partial charge in [-0.25, -0.2) is 0 Å². The van der Waals surface area contributed by atoms with E-state index in [0.717, 1.165) is 10.0 Å². The normalized spacial score (nSPS) is 24.8. The van der Waals surface area contributed by atoms with E-state index in [-0.39, 0.29) is 18.8 Å². The first kappa shape index (κ1) is 27.1. The van der Waals surface area contributed by atoms with E-state index in [1.165, 1.54) is 0 Å². The topological polar surface area (TPSA) is 137 Å². The Bertz CT molecular complexity index is 882. The van der Waals surface area contributed by atoms with Gasteiger partial charge >= 0.3 is 0 Å². The number of carbonyl (C=O) groups excluding carboxylic acids is 1. The van der Waals surface area contributed by atoms with Crippen LogP contribution in [0.5, 0.6) is 5.75 Å². The molecule has 1 aliphatic heterocycles. The molecular weight excluding hydrogens is 496 g/mol. The van der Waals surface area contributed by atoms with Gasteiger partial charge in [-0.05, 0) is 36.8 Å². The summed E-state index contributed by atoms with van der Waals surface area (Å²) in [7, 11) is 0. The molecule has 180 valence electrons. The summed E-state index contributed by atoms with van der Waals surface area (Å²) in [6, 6.07) is 14.0. The summed E-state index contributed by atoms with van der Waals surface area (Å²) in [5, 5.41) is 46.4. The molecule has 33 heavy (non-hydrogen) atoms. The molecule has 9 heteroatoms. The molecule has 0 bridgehead atoms. The molecule has 0 aromatic heterocycles. The summed E-state index contributed by atoms with van der Waals surface area (Å²) in [5.41, 5.74) is 1.49. The quantitative estimate of drug-likeness (QED) is 0.346. The Morgan fingerprint density at radius 1 is 1.00 bits per heavy atom. The Morgan fingerprint density at radius 3 is 2.18 bits per heavy atom. The van der Waals surface area contributed by atoms with Crippen LogP contribution < -0.4 is 4.74 Å². The van der Waals surface area contributed by atoms with Gasteiger partial charge in [0.05, 0.1) is 6.61 Å². The molecule has 0 radical (unpaired) electrons. The fourth-order valence-electron chi connectivity index (χ4n) is 3.01. The van der Waals surface area contributed by atoms with Crippen LogP contribution in [-0.4, -0.2) is 75.2 Å². The maximum absolute atomic E-state index is 12.2. The molecule has 0 aliphatic carbocycles. The minimum atomic E-state index is -1.49. The van der Waals surface area contributed by atoms with Crippen molar-refractivity contribution < 1.29 is 39.8 Å². The highest BCUT2D eigenvalue weighted by Crippen LogP contribution is 2.24. The van der Waals surface area contributed by atoms with Gasteiger partial charge in [0.15, 0.2) is 5.78 Å². The number of ketones is 1. The molecule has 0 spiro atoms. The van der Waals surface area contributed by atoms with Crippen LogP contribution in [0.4, 0.5) is 0 Å². The lowest BCUT2D eigenvalue weighted by Crippen LogP contribution is -2.60. The van der Waals surface area contributed by atoms with Crippen LogP contribution in [0.3, 0.4) is 0 Å². The predicted octanol–water partition coefficient (Wildman–Crippen LogP) is 1.91. The second-order valence-corrected chi connectivity index (χ2v) is 8.15. The van der Waals surface area contributed by atoms with Gasteiger partial charge in [0, 0.05) is 23.1 Å². The number of benzene rings is 2. The van der Waals surface area contributed by atoms with Gasteiger partial charge in [-0.3, -0.25) is 4.79 Å². The fourth-order valence-corrected chi connectivity index (χ4v) is 3.28. The molecule has 1 fully saturated rings. The summed E-state index contributed by atoms with van der Waals surface area (Å²) in [5.74, 6) is 0.392. The molecule has 1 saturated heterocycles.